The van der Waals surface area contributed by atoms with Gasteiger partial charge in [0.25, 0.3) is 0 Å². The second kappa shape index (κ2) is 6.77. The van der Waals surface area contributed by atoms with Crippen molar-refractivity contribution in [1.29, 1.82) is 0 Å². The second-order valence-electron chi connectivity index (χ2n) is 11.0. The van der Waals surface area contributed by atoms with Gasteiger partial charge in [-0.25, -0.2) is 0 Å². The van der Waals surface area contributed by atoms with Crippen LogP contribution < -0.4 is 0 Å². The van der Waals surface area contributed by atoms with Gasteiger partial charge in [-0.3, -0.25) is 0 Å². The van der Waals surface area contributed by atoms with Crippen molar-refractivity contribution in [3.63, 3.8) is 0 Å². The standard InChI is InChI=1S/C26H30F6/c1-21(2)15-9-11-16(12-10-15)22(3,4)24(7,8)18-14-19(25(27,28)29)17(23(21,5)6)13-20(18)26(30,31)32/h9-14H,1-8H3. The molecular formula is C26H30F6. The monoisotopic (exact) mass is 456 g/mol. The van der Waals surface area contributed by atoms with Crippen molar-refractivity contribution in [3.05, 3.63) is 69.8 Å². The van der Waals surface area contributed by atoms with Crippen molar-refractivity contribution in [2.24, 2.45) is 0 Å². The minimum absolute atomic E-state index is 0.343. The predicted octanol–water partition coefficient (Wildman–Crippen LogP) is 8.55. The molecule has 176 valence electrons. The summed E-state index contributed by atoms with van der Waals surface area (Å²) in [4.78, 5) is 0. The maximum absolute atomic E-state index is 14.3. The van der Waals surface area contributed by atoms with Crippen LogP contribution in [0.3, 0.4) is 0 Å². The van der Waals surface area contributed by atoms with E-state index in [1.165, 1.54) is 0 Å². The van der Waals surface area contributed by atoms with E-state index in [1.807, 2.05) is 24.3 Å². The summed E-state index contributed by atoms with van der Waals surface area (Å²) < 4.78 is 86.0. The van der Waals surface area contributed by atoms with Gasteiger partial charge in [0.1, 0.15) is 0 Å². The smallest absolute Gasteiger partial charge is 0.166 e. The molecule has 2 aromatic carbocycles. The van der Waals surface area contributed by atoms with E-state index in [-0.39, 0.29) is 11.1 Å². The first-order valence-corrected chi connectivity index (χ1v) is 10.6. The molecule has 0 fully saturated rings. The van der Waals surface area contributed by atoms with Gasteiger partial charge in [0.15, 0.2) is 0 Å². The lowest BCUT2D eigenvalue weighted by Gasteiger charge is -2.48. The first-order valence-electron chi connectivity index (χ1n) is 10.6. The highest BCUT2D eigenvalue weighted by molar-refractivity contribution is 5.53. The Labute approximate surface area is 186 Å². The molecule has 0 spiro atoms. The maximum Gasteiger partial charge on any atom is 0.416 e. The Kier molecular flexibility index (Phi) is 5.22. The molecular weight excluding hydrogens is 426 g/mol. The molecule has 0 amide bonds. The highest BCUT2D eigenvalue weighted by Gasteiger charge is 2.51. The first-order chi connectivity index (χ1) is 14.2. The highest BCUT2D eigenvalue weighted by atomic mass is 19.4. The quantitative estimate of drug-likeness (QED) is 0.348. The second-order valence-corrected chi connectivity index (χ2v) is 11.0. The van der Waals surface area contributed by atoms with Crippen molar-refractivity contribution in [1.82, 2.24) is 0 Å². The lowest BCUT2D eigenvalue weighted by molar-refractivity contribution is -0.143. The third kappa shape index (κ3) is 3.36. The zero-order chi connectivity index (χ0) is 24.7. The fourth-order valence-electron chi connectivity index (χ4n) is 4.80. The van der Waals surface area contributed by atoms with Crippen LogP contribution in [0.2, 0.25) is 0 Å². The molecule has 6 heteroatoms. The van der Waals surface area contributed by atoms with Crippen LogP contribution in [0.4, 0.5) is 26.3 Å². The van der Waals surface area contributed by atoms with E-state index in [4.69, 9.17) is 0 Å². The minimum atomic E-state index is -4.80. The Bertz CT molecular complexity index is 947. The molecule has 4 aliphatic carbocycles. The van der Waals surface area contributed by atoms with Crippen LogP contribution in [0, 0.1) is 0 Å². The first kappa shape index (κ1) is 24.7. The summed E-state index contributed by atoms with van der Waals surface area (Å²) in [6.07, 6.45) is -9.59. The van der Waals surface area contributed by atoms with Gasteiger partial charge >= 0.3 is 12.4 Å². The summed E-state index contributed by atoms with van der Waals surface area (Å²) in [6, 6.07) is 9.07. The maximum atomic E-state index is 14.3. The van der Waals surface area contributed by atoms with E-state index in [1.54, 1.807) is 55.4 Å². The highest BCUT2D eigenvalue weighted by Crippen LogP contribution is 2.54. The molecule has 0 aromatic heterocycles. The molecule has 0 N–H and O–H groups in total. The summed E-state index contributed by atoms with van der Waals surface area (Å²) >= 11 is 0. The molecule has 0 aliphatic heterocycles. The number of benzene rings is 2. The molecule has 0 heterocycles. The average molecular weight is 457 g/mol. The SMILES string of the molecule is CC1(C)c2ccc(cc2)C(C)(C)C(C)(C)c2cc(C(F)(F)F)c(cc2C(F)(F)F)C1(C)C. The predicted molar refractivity (Wildman–Crippen MR) is 115 cm³/mol. The zero-order valence-corrected chi connectivity index (χ0v) is 19.7. The molecule has 0 radical (unpaired) electrons. The lowest BCUT2D eigenvalue weighted by atomic mass is 9.56. The Hall–Kier alpha value is -1.98. The van der Waals surface area contributed by atoms with Crippen molar-refractivity contribution >= 4 is 0 Å². The third-order valence-electron chi connectivity index (χ3n) is 8.57. The molecule has 2 aromatic rings. The molecule has 0 atom stereocenters. The Balaban J connectivity index is 2.63. The van der Waals surface area contributed by atoms with Gasteiger partial charge in [0, 0.05) is 0 Å². The van der Waals surface area contributed by atoms with Crippen molar-refractivity contribution in [2.75, 3.05) is 0 Å². The number of halogens is 6. The molecule has 0 saturated heterocycles. The van der Waals surface area contributed by atoms with Gasteiger partial charge < -0.3 is 0 Å². The Morgan fingerprint density at radius 3 is 0.938 bits per heavy atom. The average Bonchev–Trinajstić information content (AvgIpc) is 2.64. The lowest BCUT2D eigenvalue weighted by Crippen LogP contribution is -2.45. The third-order valence-corrected chi connectivity index (χ3v) is 8.57. The number of hydrogen-bond acceptors (Lipinski definition) is 0. The summed E-state index contributed by atoms with van der Waals surface area (Å²) in [7, 11) is 0. The van der Waals surface area contributed by atoms with Crippen LogP contribution in [0.5, 0.6) is 0 Å². The summed E-state index contributed by atoms with van der Waals surface area (Å²) in [6.45, 7) is 13.5. The molecule has 4 bridgehead atoms. The van der Waals surface area contributed by atoms with Crippen LogP contribution in [0.15, 0.2) is 36.4 Å². The Morgan fingerprint density at radius 1 is 0.469 bits per heavy atom. The molecule has 0 nitrogen and oxygen atoms in total. The van der Waals surface area contributed by atoms with Crippen LogP contribution in [-0.2, 0) is 34.0 Å². The van der Waals surface area contributed by atoms with Gasteiger partial charge in [-0.1, -0.05) is 79.7 Å². The van der Waals surface area contributed by atoms with Gasteiger partial charge in [-0.15, -0.1) is 0 Å². The number of alkyl halides is 6. The van der Waals surface area contributed by atoms with E-state index >= 15 is 0 Å². The van der Waals surface area contributed by atoms with Crippen LogP contribution in [-0.4, -0.2) is 0 Å². The number of rotatable bonds is 0. The van der Waals surface area contributed by atoms with Crippen molar-refractivity contribution in [3.8, 4) is 0 Å². The molecule has 4 aliphatic rings. The van der Waals surface area contributed by atoms with Crippen molar-refractivity contribution in [2.45, 2.75) is 89.4 Å². The van der Waals surface area contributed by atoms with E-state index < -0.39 is 45.1 Å². The van der Waals surface area contributed by atoms with Gasteiger partial charge in [-0.2, -0.15) is 26.3 Å². The molecule has 0 unspecified atom stereocenters. The summed E-state index contributed by atoms with van der Waals surface area (Å²) in [5.74, 6) is 0. The normalized spacial score (nSPS) is 21.2. The molecule has 32 heavy (non-hydrogen) atoms. The summed E-state index contributed by atoms with van der Waals surface area (Å²) in [5.41, 5.74) is -5.42. The fourth-order valence-corrected chi connectivity index (χ4v) is 4.80. The van der Waals surface area contributed by atoms with Crippen LogP contribution >= 0.6 is 0 Å². The van der Waals surface area contributed by atoms with E-state index in [2.05, 4.69) is 0 Å². The van der Waals surface area contributed by atoms with Gasteiger partial charge in [0.05, 0.1) is 11.1 Å². The van der Waals surface area contributed by atoms with Crippen molar-refractivity contribution < 1.29 is 26.3 Å². The largest absolute Gasteiger partial charge is 0.416 e. The topological polar surface area (TPSA) is 0 Å². The fraction of sp³-hybridized carbons (Fsp3) is 0.538. The number of hydrogen-bond donors (Lipinski definition) is 0. The molecule has 6 rings (SSSR count). The zero-order valence-electron chi connectivity index (χ0n) is 19.7. The van der Waals surface area contributed by atoms with E-state index in [0.717, 1.165) is 23.3 Å². The van der Waals surface area contributed by atoms with E-state index in [0.29, 0.717) is 0 Å². The summed E-state index contributed by atoms with van der Waals surface area (Å²) in [5, 5.41) is 0. The van der Waals surface area contributed by atoms with E-state index in [9.17, 15) is 26.3 Å². The molecule has 0 saturated carbocycles. The van der Waals surface area contributed by atoms with Gasteiger partial charge in [-0.05, 0) is 56.0 Å². The Morgan fingerprint density at radius 2 is 0.719 bits per heavy atom. The minimum Gasteiger partial charge on any atom is -0.166 e. The van der Waals surface area contributed by atoms with Crippen LogP contribution in [0.25, 0.3) is 0 Å². The van der Waals surface area contributed by atoms with Gasteiger partial charge in [0.2, 0.25) is 0 Å². The van der Waals surface area contributed by atoms with Crippen LogP contribution in [0.1, 0.15) is 88.8 Å².